The molecular weight excluding hydrogens is 366 g/mol. The van der Waals surface area contributed by atoms with E-state index in [0.717, 1.165) is 22.2 Å². The first-order valence-corrected chi connectivity index (χ1v) is 8.94. The van der Waals surface area contributed by atoms with E-state index in [4.69, 9.17) is 9.15 Å². The molecule has 0 fully saturated rings. The summed E-state index contributed by atoms with van der Waals surface area (Å²) in [6.07, 6.45) is 1.64. The predicted molar refractivity (Wildman–Crippen MR) is 110 cm³/mol. The second kappa shape index (κ2) is 7.49. The molecule has 0 aliphatic rings. The fraction of sp³-hybridized carbons (Fsp3) is 0.0870. The number of carbonyl (C=O) groups is 1. The molecule has 0 saturated carbocycles. The third-order valence-corrected chi connectivity index (χ3v) is 4.49. The van der Waals surface area contributed by atoms with Crippen molar-refractivity contribution in [3.63, 3.8) is 0 Å². The highest BCUT2D eigenvalue weighted by atomic mass is 16.5. The SMILES string of the molecule is COC(=O)c1cccc(-c2ccc(/C=C(\C#N)c3nc4ccc(C)cc4[nH]3)o2)c1. The first-order valence-electron chi connectivity index (χ1n) is 8.94. The number of rotatable bonds is 4. The summed E-state index contributed by atoms with van der Waals surface area (Å²) in [5.41, 5.74) is 4.33. The normalized spacial score (nSPS) is 11.4. The Hall–Kier alpha value is -4.11. The summed E-state index contributed by atoms with van der Waals surface area (Å²) in [6, 6.07) is 18.6. The maximum Gasteiger partial charge on any atom is 0.337 e. The van der Waals surface area contributed by atoms with Gasteiger partial charge in [-0.1, -0.05) is 18.2 Å². The minimum absolute atomic E-state index is 0.364. The van der Waals surface area contributed by atoms with E-state index in [-0.39, 0.29) is 0 Å². The van der Waals surface area contributed by atoms with Crippen LogP contribution in [-0.4, -0.2) is 23.0 Å². The molecule has 2 aromatic carbocycles. The highest BCUT2D eigenvalue weighted by Crippen LogP contribution is 2.26. The van der Waals surface area contributed by atoms with Crippen LogP contribution in [0.1, 0.15) is 27.5 Å². The number of benzene rings is 2. The minimum atomic E-state index is -0.412. The van der Waals surface area contributed by atoms with Crippen LogP contribution < -0.4 is 0 Å². The summed E-state index contributed by atoms with van der Waals surface area (Å²) in [4.78, 5) is 19.4. The molecule has 2 aromatic heterocycles. The van der Waals surface area contributed by atoms with Gasteiger partial charge in [0.15, 0.2) is 0 Å². The fourth-order valence-corrected chi connectivity index (χ4v) is 3.05. The zero-order valence-corrected chi connectivity index (χ0v) is 15.9. The van der Waals surface area contributed by atoms with Gasteiger partial charge in [-0.15, -0.1) is 0 Å². The van der Waals surface area contributed by atoms with Crippen LogP contribution >= 0.6 is 0 Å². The van der Waals surface area contributed by atoms with E-state index < -0.39 is 5.97 Å². The Labute approximate surface area is 167 Å². The molecule has 0 saturated heterocycles. The van der Waals surface area contributed by atoms with E-state index >= 15 is 0 Å². The van der Waals surface area contributed by atoms with Gasteiger partial charge in [0.05, 0.1) is 29.3 Å². The van der Waals surface area contributed by atoms with Gasteiger partial charge in [-0.2, -0.15) is 5.26 Å². The molecule has 0 amide bonds. The number of allylic oxidation sites excluding steroid dienone is 1. The molecule has 2 heterocycles. The van der Waals surface area contributed by atoms with Crippen molar-refractivity contribution < 1.29 is 13.9 Å². The molecule has 0 unspecified atom stereocenters. The van der Waals surface area contributed by atoms with Crippen LogP contribution in [0.4, 0.5) is 0 Å². The van der Waals surface area contributed by atoms with Gasteiger partial charge < -0.3 is 14.1 Å². The Bertz CT molecular complexity index is 1290. The van der Waals surface area contributed by atoms with Crippen LogP contribution in [-0.2, 0) is 4.74 Å². The third kappa shape index (κ3) is 3.66. The number of imidazole rings is 1. The Morgan fingerprint density at radius 1 is 1.21 bits per heavy atom. The average molecular weight is 383 g/mol. The minimum Gasteiger partial charge on any atom is -0.465 e. The first kappa shape index (κ1) is 18.3. The number of hydrogen-bond acceptors (Lipinski definition) is 5. The molecule has 4 aromatic rings. The maximum absolute atomic E-state index is 11.7. The molecule has 6 nitrogen and oxygen atoms in total. The number of nitriles is 1. The van der Waals surface area contributed by atoms with Crippen molar-refractivity contribution in [3.8, 4) is 17.4 Å². The van der Waals surface area contributed by atoms with E-state index in [9.17, 15) is 10.1 Å². The monoisotopic (exact) mass is 383 g/mol. The quantitative estimate of drug-likeness (QED) is 0.396. The van der Waals surface area contributed by atoms with E-state index in [2.05, 4.69) is 16.0 Å². The molecule has 29 heavy (non-hydrogen) atoms. The van der Waals surface area contributed by atoms with Gasteiger partial charge in [0.1, 0.15) is 23.4 Å². The predicted octanol–water partition coefficient (Wildman–Crippen LogP) is 4.98. The fourth-order valence-electron chi connectivity index (χ4n) is 3.05. The van der Waals surface area contributed by atoms with Gasteiger partial charge in [0, 0.05) is 11.6 Å². The van der Waals surface area contributed by atoms with Crippen molar-refractivity contribution in [1.29, 1.82) is 5.26 Å². The largest absolute Gasteiger partial charge is 0.465 e. The number of furan rings is 1. The first-order chi connectivity index (χ1) is 14.1. The molecule has 1 N–H and O–H groups in total. The lowest BCUT2D eigenvalue weighted by atomic mass is 10.1. The van der Waals surface area contributed by atoms with Gasteiger partial charge in [0.25, 0.3) is 0 Å². The number of carbonyl (C=O) groups excluding carboxylic acids is 1. The van der Waals surface area contributed by atoms with Gasteiger partial charge in [-0.25, -0.2) is 9.78 Å². The van der Waals surface area contributed by atoms with Crippen molar-refractivity contribution >= 4 is 28.7 Å². The maximum atomic E-state index is 11.7. The number of aromatic nitrogens is 2. The number of fused-ring (bicyclic) bond motifs is 1. The number of aryl methyl sites for hydroxylation is 1. The number of ether oxygens (including phenoxy) is 1. The lowest BCUT2D eigenvalue weighted by Crippen LogP contribution is -2.00. The number of nitrogens with one attached hydrogen (secondary N) is 1. The molecular formula is C23H17N3O3. The van der Waals surface area contributed by atoms with Crippen LogP contribution in [0.5, 0.6) is 0 Å². The Morgan fingerprint density at radius 3 is 2.86 bits per heavy atom. The Morgan fingerprint density at radius 2 is 2.07 bits per heavy atom. The van der Waals surface area contributed by atoms with Crippen LogP contribution in [0.3, 0.4) is 0 Å². The second-order valence-corrected chi connectivity index (χ2v) is 6.55. The van der Waals surface area contributed by atoms with Gasteiger partial charge >= 0.3 is 5.97 Å². The molecule has 0 aliphatic heterocycles. The zero-order valence-electron chi connectivity index (χ0n) is 15.9. The highest BCUT2D eigenvalue weighted by Gasteiger charge is 2.12. The van der Waals surface area contributed by atoms with Crippen molar-refractivity contribution in [2.45, 2.75) is 6.92 Å². The Kier molecular flexibility index (Phi) is 4.71. The number of esters is 1. The van der Waals surface area contributed by atoms with Crippen molar-refractivity contribution in [3.05, 3.63) is 77.3 Å². The van der Waals surface area contributed by atoms with Crippen LogP contribution in [0.2, 0.25) is 0 Å². The van der Waals surface area contributed by atoms with Crippen LogP contribution in [0, 0.1) is 18.3 Å². The van der Waals surface area contributed by atoms with Crippen LogP contribution in [0.15, 0.2) is 59.0 Å². The van der Waals surface area contributed by atoms with E-state index in [1.54, 1.807) is 36.4 Å². The van der Waals surface area contributed by atoms with Crippen molar-refractivity contribution in [2.75, 3.05) is 7.11 Å². The van der Waals surface area contributed by atoms with Crippen LogP contribution in [0.25, 0.3) is 34.0 Å². The summed E-state index contributed by atoms with van der Waals surface area (Å²) < 4.78 is 10.6. The zero-order chi connectivity index (χ0) is 20.4. The highest BCUT2D eigenvalue weighted by molar-refractivity contribution is 5.91. The molecule has 0 radical (unpaired) electrons. The van der Waals surface area contributed by atoms with E-state index in [1.807, 2.05) is 31.2 Å². The lowest BCUT2D eigenvalue weighted by Gasteiger charge is -2.01. The molecule has 4 rings (SSSR count). The summed E-state index contributed by atoms with van der Waals surface area (Å²) in [5, 5.41) is 9.60. The number of H-pyrrole nitrogens is 1. The van der Waals surface area contributed by atoms with E-state index in [1.165, 1.54) is 7.11 Å². The van der Waals surface area contributed by atoms with Gasteiger partial charge in [0.2, 0.25) is 0 Å². The number of methoxy groups -OCH3 is 1. The number of aromatic amines is 1. The molecule has 0 bridgehead atoms. The lowest BCUT2D eigenvalue weighted by molar-refractivity contribution is 0.0601. The molecule has 0 atom stereocenters. The Balaban J connectivity index is 1.67. The summed E-state index contributed by atoms with van der Waals surface area (Å²) >= 11 is 0. The van der Waals surface area contributed by atoms with Crippen molar-refractivity contribution in [1.82, 2.24) is 9.97 Å². The number of nitrogens with zero attached hydrogens (tertiary/aromatic N) is 2. The number of hydrogen-bond donors (Lipinski definition) is 1. The molecule has 142 valence electrons. The van der Waals surface area contributed by atoms with Crippen molar-refractivity contribution in [2.24, 2.45) is 0 Å². The summed E-state index contributed by atoms with van der Waals surface area (Å²) in [6.45, 7) is 2.00. The summed E-state index contributed by atoms with van der Waals surface area (Å²) in [7, 11) is 1.34. The second-order valence-electron chi connectivity index (χ2n) is 6.55. The summed E-state index contributed by atoms with van der Waals surface area (Å²) in [5.74, 6) is 1.17. The topological polar surface area (TPSA) is 91.9 Å². The third-order valence-electron chi connectivity index (χ3n) is 4.49. The van der Waals surface area contributed by atoms with E-state index in [0.29, 0.717) is 28.5 Å². The van der Waals surface area contributed by atoms with Gasteiger partial charge in [-0.3, -0.25) is 0 Å². The smallest absolute Gasteiger partial charge is 0.337 e. The standard InChI is InChI=1S/C23H17N3O3/c1-14-6-8-19-20(10-14)26-22(25-19)17(13-24)12-18-7-9-21(29-18)15-4-3-5-16(11-15)23(27)28-2/h3-12H,1-2H3,(H,25,26)/b17-12+. The molecule has 0 aliphatic carbocycles. The molecule has 0 spiro atoms. The molecule has 6 heteroatoms. The average Bonchev–Trinajstić information content (AvgIpc) is 3.38. The van der Waals surface area contributed by atoms with Gasteiger partial charge in [-0.05, 0) is 48.9 Å².